The molecule has 0 atom stereocenters. The van der Waals surface area contributed by atoms with Gasteiger partial charge in [-0.2, -0.15) is 0 Å². The molecule has 19 heavy (non-hydrogen) atoms. The second-order valence-corrected chi connectivity index (χ2v) is 5.31. The SMILES string of the molecule is Cc1cc(Cl)nc(Cl)c1NC(=O)c1ccnc(Br)c1. The van der Waals surface area contributed by atoms with Gasteiger partial charge < -0.3 is 5.32 Å². The Morgan fingerprint density at radius 2 is 2.11 bits per heavy atom. The van der Waals surface area contributed by atoms with E-state index >= 15 is 0 Å². The van der Waals surface area contributed by atoms with Crippen LogP contribution in [0, 0.1) is 6.92 Å². The predicted octanol–water partition coefficient (Wildman–Crippen LogP) is 4.11. The minimum atomic E-state index is -0.294. The van der Waals surface area contributed by atoms with Gasteiger partial charge in [-0.05, 0) is 46.6 Å². The molecule has 7 heteroatoms. The highest BCUT2D eigenvalue weighted by Gasteiger charge is 2.13. The lowest BCUT2D eigenvalue weighted by Crippen LogP contribution is -2.13. The van der Waals surface area contributed by atoms with E-state index < -0.39 is 0 Å². The zero-order valence-corrected chi connectivity index (χ0v) is 12.8. The Labute approximate surface area is 128 Å². The lowest BCUT2D eigenvalue weighted by atomic mass is 10.2. The molecule has 0 fully saturated rings. The second kappa shape index (κ2) is 5.86. The van der Waals surface area contributed by atoms with Crippen LogP contribution in [-0.4, -0.2) is 15.9 Å². The van der Waals surface area contributed by atoms with Crippen molar-refractivity contribution in [1.29, 1.82) is 0 Å². The monoisotopic (exact) mass is 359 g/mol. The maximum absolute atomic E-state index is 12.1. The predicted molar refractivity (Wildman–Crippen MR) is 78.9 cm³/mol. The number of carbonyl (C=O) groups is 1. The Morgan fingerprint density at radius 1 is 1.37 bits per heavy atom. The average Bonchev–Trinajstić information content (AvgIpc) is 2.33. The van der Waals surface area contributed by atoms with E-state index in [1.807, 2.05) is 0 Å². The van der Waals surface area contributed by atoms with Crippen LogP contribution >= 0.6 is 39.1 Å². The first-order chi connectivity index (χ1) is 8.97. The summed E-state index contributed by atoms with van der Waals surface area (Å²) in [5, 5.41) is 3.15. The van der Waals surface area contributed by atoms with Crippen LogP contribution in [0.4, 0.5) is 5.69 Å². The Morgan fingerprint density at radius 3 is 2.74 bits per heavy atom. The fourth-order valence-corrected chi connectivity index (χ4v) is 2.42. The molecule has 0 saturated carbocycles. The van der Waals surface area contributed by atoms with Crippen molar-refractivity contribution in [3.8, 4) is 0 Å². The summed E-state index contributed by atoms with van der Waals surface area (Å²) in [7, 11) is 0. The van der Waals surface area contributed by atoms with Gasteiger partial charge >= 0.3 is 0 Å². The number of anilines is 1. The first-order valence-electron chi connectivity index (χ1n) is 5.23. The molecule has 0 radical (unpaired) electrons. The first kappa shape index (κ1) is 14.2. The second-order valence-electron chi connectivity index (χ2n) is 3.75. The molecular weight excluding hydrogens is 353 g/mol. The fourth-order valence-electron chi connectivity index (χ4n) is 1.48. The van der Waals surface area contributed by atoms with E-state index in [1.54, 1.807) is 25.1 Å². The van der Waals surface area contributed by atoms with Crippen LogP contribution in [0.15, 0.2) is 29.0 Å². The number of carbonyl (C=O) groups excluding carboxylic acids is 1. The highest BCUT2D eigenvalue weighted by molar-refractivity contribution is 9.10. The van der Waals surface area contributed by atoms with E-state index in [1.165, 1.54) is 6.20 Å². The summed E-state index contributed by atoms with van der Waals surface area (Å²) in [6, 6.07) is 4.85. The third kappa shape index (κ3) is 3.43. The van der Waals surface area contributed by atoms with E-state index in [0.717, 1.165) is 5.56 Å². The molecule has 2 heterocycles. The Bertz CT molecular complexity index is 626. The fraction of sp³-hybridized carbons (Fsp3) is 0.0833. The first-order valence-corrected chi connectivity index (χ1v) is 6.78. The van der Waals surface area contributed by atoms with Crippen LogP contribution in [-0.2, 0) is 0 Å². The molecule has 0 aliphatic rings. The molecule has 0 aliphatic carbocycles. The molecule has 0 aliphatic heterocycles. The lowest BCUT2D eigenvalue weighted by molar-refractivity contribution is 0.102. The highest BCUT2D eigenvalue weighted by Crippen LogP contribution is 2.27. The number of nitrogens with zero attached hydrogens (tertiary/aromatic N) is 2. The van der Waals surface area contributed by atoms with Gasteiger partial charge in [-0.3, -0.25) is 4.79 Å². The van der Waals surface area contributed by atoms with Crippen molar-refractivity contribution in [3.05, 3.63) is 50.4 Å². The van der Waals surface area contributed by atoms with Crippen molar-refractivity contribution in [2.24, 2.45) is 0 Å². The van der Waals surface area contributed by atoms with Gasteiger partial charge in [0.05, 0.1) is 5.69 Å². The summed E-state index contributed by atoms with van der Waals surface area (Å²) < 4.78 is 0.581. The molecule has 2 aromatic rings. The number of aromatic nitrogens is 2. The quantitative estimate of drug-likeness (QED) is 0.820. The summed E-state index contributed by atoms with van der Waals surface area (Å²) in [6.07, 6.45) is 1.54. The van der Waals surface area contributed by atoms with Crippen molar-refractivity contribution in [1.82, 2.24) is 9.97 Å². The number of hydrogen-bond acceptors (Lipinski definition) is 3. The van der Waals surface area contributed by atoms with Gasteiger partial charge in [0.2, 0.25) is 0 Å². The maximum Gasteiger partial charge on any atom is 0.255 e. The van der Waals surface area contributed by atoms with Crippen LogP contribution in [0.1, 0.15) is 15.9 Å². The molecule has 0 spiro atoms. The molecule has 0 unspecified atom stereocenters. The molecule has 0 aromatic carbocycles. The number of aryl methyl sites for hydroxylation is 1. The standard InChI is InChI=1S/C12H8BrCl2N3O/c1-6-4-9(14)17-11(15)10(6)18-12(19)7-2-3-16-8(13)5-7/h2-5H,1H3,(H,18,19). The van der Waals surface area contributed by atoms with Crippen molar-refractivity contribution in [2.45, 2.75) is 6.92 Å². The summed E-state index contributed by atoms with van der Waals surface area (Å²) in [4.78, 5) is 19.9. The number of pyridine rings is 2. The highest BCUT2D eigenvalue weighted by atomic mass is 79.9. The smallest absolute Gasteiger partial charge is 0.255 e. The van der Waals surface area contributed by atoms with Gasteiger partial charge in [0.25, 0.3) is 5.91 Å². The molecule has 98 valence electrons. The van der Waals surface area contributed by atoms with Crippen LogP contribution in [0.2, 0.25) is 10.3 Å². The van der Waals surface area contributed by atoms with Gasteiger partial charge in [0.15, 0.2) is 5.15 Å². The molecular formula is C12H8BrCl2N3O. The summed E-state index contributed by atoms with van der Waals surface area (Å²) in [5.74, 6) is -0.294. The van der Waals surface area contributed by atoms with Crippen LogP contribution in [0.5, 0.6) is 0 Å². The minimum absolute atomic E-state index is 0.159. The average molecular weight is 361 g/mol. The molecule has 2 rings (SSSR count). The third-order valence-corrected chi connectivity index (χ3v) is 3.27. The Balaban J connectivity index is 2.29. The molecule has 2 aromatic heterocycles. The number of hydrogen-bond donors (Lipinski definition) is 1. The minimum Gasteiger partial charge on any atom is -0.319 e. The van der Waals surface area contributed by atoms with E-state index in [2.05, 4.69) is 31.2 Å². The normalized spacial score (nSPS) is 10.3. The zero-order chi connectivity index (χ0) is 14.0. The van der Waals surface area contributed by atoms with E-state index in [4.69, 9.17) is 23.2 Å². The van der Waals surface area contributed by atoms with Crippen LogP contribution in [0.3, 0.4) is 0 Å². The summed E-state index contributed by atoms with van der Waals surface area (Å²) in [6.45, 7) is 1.79. The topological polar surface area (TPSA) is 54.9 Å². The summed E-state index contributed by atoms with van der Waals surface area (Å²) in [5.41, 5.74) is 1.66. The third-order valence-electron chi connectivity index (χ3n) is 2.37. The van der Waals surface area contributed by atoms with Gasteiger partial charge in [0.1, 0.15) is 9.76 Å². The van der Waals surface area contributed by atoms with Gasteiger partial charge in [-0.15, -0.1) is 0 Å². The van der Waals surface area contributed by atoms with Crippen molar-refractivity contribution >= 4 is 50.7 Å². The molecule has 0 bridgehead atoms. The van der Waals surface area contributed by atoms with E-state index in [0.29, 0.717) is 15.9 Å². The number of halogens is 3. The van der Waals surface area contributed by atoms with Gasteiger partial charge in [0, 0.05) is 11.8 Å². The van der Waals surface area contributed by atoms with Crippen molar-refractivity contribution in [2.75, 3.05) is 5.32 Å². The van der Waals surface area contributed by atoms with Crippen LogP contribution in [0.25, 0.3) is 0 Å². The number of amides is 1. The Hall–Kier alpha value is -1.17. The number of nitrogens with one attached hydrogen (secondary N) is 1. The lowest BCUT2D eigenvalue weighted by Gasteiger charge is -2.10. The molecule has 1 N–H and O–H groups in total. The summed E-state index contributed by atoms with van der Waals surface area (Å²) >= 11 is 14.9. The van der Waals surface area contributed by atoms with Gasteiger partial charge in [-0.1, -0.05) is 23.2 Å². The maximum atomic E-state index is 12.1. The molecule has 0 saturated heterocycles. The van der Waals surface area contributed by atoms with Crippen LogP contribution < -0.4 is 5.32 Å². The number of rotatable bonds is 2. The van der Waals surface area contributed by atoms with E-state index in [-0.39, 0.29) is 16.2 Å². The molecule has 4 nitrogen and oxygen atoms in total. The van der Waals surface area contributed by atoms with Crippen molar-refractivity contribution < 1.29 is 4.79 Å². The van der Waals surface area contributed by atoms with Gasteiger partial charge in [-0.25, -0.2) is 9.97 Å². The largest absolute Gasteiger partial charge is 0.319 e. The zero-order valence-electron chi connectivity index (χ0n) is 9.75. The van der Waals surface area contributed by atoms with Crippen molar-refractivity contribution in [3.63, 3.8) is 0 Å². The molecule has 1 amide bonds. The van der Waals surface area contributed by atoms with E-state index in [9.17, 15) is 4.79 Å². The Kier molecular flexibility index (Phi) is 4.39.